The van der Waals surface area contributed by atoms with Gasteiger partial charge < -0.3 is 5.73 Å². The van der Waals surface area contributed by atoms with Crippen molar-refractivity contribution in [2.24, 2.45) is 11.7 Å². The summed E-state index contributed by atoms with van der Waals surface area (Å²) < 4.78 is 1.98. The number of aromatic nitrogens is 3. The van der Waals surface area contributed by atoms with Gasteiger partial charge in [-0.1, -0.05) is 13.8 Å². The molecule has 1 aromatic heterocycles. The van der Waals surface area contributed by atoms with Crippen LogP contribution >= 0.6 is 0 Å². The fraction of sp³-hybridized carbons (Fsp3) is 0.818. The molecule has 5 nitrogen and oxygen atoms in total. The first-order chi connectivity index (χ1) is 7.67. The minimum Gasteiger partial charge on any atom is -0.330 e. The van der Waals surface area contributed by atoms with E-state index in [0.717, 1.165) is 38.4 Å². The van der Waals surface area contributed by atoms with E-state index in [9.17, 15) is 0 Å². The van der Waals surface area contributed by atoms with Gasteiger partial charge in [0.15, 0.2) is 0 Å². The molecule has 1 heterocycles. The molecule has 0 saturated heterocycles. The lowest BCUT2D eigenvalue weighted by molar-refractivity contribution is 0.270. The number of rotatable bonds is 7. The smallest absolute Gasteiger partial charge is 0.140 e. The zero-order chi connectivity index (χ0) is 12.0. The SMILES string of the molecule is CCCn1ncnc1CN(C)CC(C)CN. The monoisotopic (exact) mass is 225 g/mol. The predicted molar refractivity (Wildman–Crippen MR) is 64.9 cm³/mol. The molecule has 92 valence electrons. The highest BCUT2D eigenvalue weighted by Gasteiger charge is 2.09. The van der Waals surface area contributed by atoms with Gasteiger partial charge in [0.25, 0.3) is 0 Å². The topological polar surface area (TPSA) is 60.0 Å². The molecular weight excluding hydrogens is 202 g/mol. The maximum Gasteiger partial charge on any atom is 0.140 e. The lowest BCUT2D eigenvalue weighted by atomic mass is 10.2. The normalized spacial score (nSPS) is 13.3. The first-order valence-corrected chi connectivity index (χ1v) is 5.92. The molecule has 0 bridgehead atoms. The molecular formula is C11H23N5. The van der Waals surface area contributed by atoms with Gasteiger partial charge in [-0.15, -0.1) is 0 Å². The van der Waals surface area contributed by atoms with Crippen molar-refractivity contribution in [1.29, 1.82) is 0 Å². The molecule has 16 heavy (non-hydrogen) atoms. The largest absolute Gasteiger partial charge is 0.330 e. The molecule has 0 fully saturated rings. The quantitative estimate of drug-likeness (QED) is 0.742. The Hall–Kier alpha value is -0.940. The molecule has 5 heteroatoms. The van der Waals surface area contributed by atoms with Crippen molar-refractivity contribution in [2.75, 3.05) is 20.1 Å². The number of nitrogens with two attached hydrogens (primary N) is 1. The summed E-state index contributed by atoms with van der Waals surface area (Å²) in [5, 5.41) is 4.21. The van der Waals surface area contributed by atoms with E-state index in [4.69, 9.17) is 5.73 Å². The summed E-state index contributed by atoms with van der Waals surface area (Å²) in [6.45, 7) is 7.81. The summed E-state index contributed by atoms with van der Waals surface area (Å²) >= 11 is 0. The van der Waals surface area contributed by atoms with Crippen LogP contribution < -0.4 is 5.73 Å². The lowest BCUT2D eigenvalue weighted by Gasteiger charge is -2.19. The molecule has 0 aliphatic carbocycles. The van der Waals surface area contributed by atoms with Gasteiger partial charge in [-0.25, -0.2) is 9.67 Å². The number of hydrogen-bond donors (Lipinski definition) is 1. The van der Waals surface area contributed by atoms with Crippen LogP contribution in [-0.4, -0.2) is 39.8 Å². The third-order valence-electron chi connectivity index (χ3n) is 2.57. The Labute approximate surface area is 97.6 Å². The Bertz CT molecular complexity index is 296. The molecule has 0 radical (unpaired) electrons. The zero-order valence-electron chi connectivity index (χ0n) is 10.6. The van der Waals surface area contributed by atoms with Crippen molar-refractivity contribution in [3.05, 3.63) is 12.2 Å². The maximum absolute atomic E-state index is 5.61. The summed E-state index contributed by atoms with van der Waals surface area (Å²) in [5.74, 6) is 1.56. The summed E-state index contributed by atoms with van der Waals surface area (Å²) in [6, 6.07) is 0. The van der Waals surface area contributed by atoms with Crippen molar-refractivity contribution < 1.29 is 0 Å². The van der Waals surface area contributed by atoms with E-state index in [1.165, 1.54) is 0 Å². The minimum absolute atomic E-state index is 0.521. The van der Waals surface area contributed by atoms with Crippen molar-refractivity contribution in [3.63, 3.8) is 0 Å². The maximum atomic E-state index is 5.61. The molecule has 0 aliphatic heterocycles. The number of aryl methyl sites for hydroxylation is 1. The Morgan fingerprint density at radius 3 is 2.94 bits per heavy atom. The van der Waals surface area contributed by atoms with Crippen LogP contribution in [0.15, 0.2) is 6.33 Å². The van der Waals surface area contributed by atoms with Crippen LogP contribution in [0.4, 0.5) is 0 Å². The molecule has 0 aliphatic rings. The summed E-state index contributed by atoms with van der Waals surface area (Å²) in [7, 11) is 2.09. The van der Waals surface area contributed by atoms with Crippen LogP contribution in [0, 0.1) is 5.92 Å². The molecule has 0 spiro atoms. The van der Waals surface area contributed by atoms with Crippen LogP contribution in [0.1, 0.15) is 26.1 Å². The fourth-order valence-electron chi connectivity index (χ4n) is 1.72. The van der Waals surface area contributed by atoms with Crippen LogP contribution in [-0.2, 0) is 13.1 Å². The number of hydrogen-bond acceptors (Lipinski definition) is 4. The molecule has 0 saturated carbocycles. The third kappa shape index (κ3) is 3.90. The first kappa shape index (κ1) is 13.1. The van der Waals surface area contributed by atoms with E-state index in [1.807, 2.05) is 4.68 Å². The Kier molecular flexibility index (Phi) is 5.42. The van der Waals surface area contributed by atoms with Crippen LogP contribution in [0.25, 0.3) is 0 Å². The minimum atomic E-state index is 0.521. The van der Waals surface area contributed by atoms with Crippen molar-refractivity contribution >= 4 is 0 Å². The van der Waals surface area contributed by atoms with Crippen LogP contribution in [0.2, 0.25) is 0 Å². The molecule has 0 amide bonds. The second-order valence-electron chi connectivity index (χ2n) is 4.44. The van der Waals surface area contributed by atoms with Gasteiger partial charge in [0.1, 0.15) is 12.2 Å². The Morgan fingerprint density at radius 2 is 2.31 bits per heavy atom. The predicted octanol–water partition coefficient (Wildman–Crippen LogP) is 0.715. The highest BCUT2D eigenvalue weighted by Crippen LogP contribution is 2.03. The fourth-order valence-corrected chi connectivity index (χ4v) is 1.72. The third-order valence-corrected chi connectivity index (χ3v) is 2.57. The van der Waals surface area contributed by atoms with Crippen molar-refractivity contribution in [1.82, 2.24) is 19.7 Å². The lowest BCUT2D eigenvalue weighted by Crippen LogP contribution is -2.29. The van der Waals surface area contributed by atoms with Crippen LogP contribution in [0.5, 0.6) is 0 Å². The van der Waals surface area contributed by atoms with E-state index < -0.39 is 0 Å². The van der Waals surface area contributed by atoms with Gasteiger partial charge in [-0.2, -0.15) is 5.10 Å². The average Bonchev–Trinajstić information content (AvgIpc) is 2.66. The Morgan fingerprint density at radius 1 is 1.56 bits per heavy atom. The molecule has 1 atom stereocenters. The number of nitrogens with zero attached hydrogens (tertiary/aromatic N) is 4. The summed E-state index contributed by atoms with van der Waals surface area (Å²) in [4.78, 5) is 6.53. The molecule has 1 rings (SSSR count). The van der Waals surface area contributed by atoms with Crippen LogP contribution in [0.3, 0.4) is 0 Å². The highest BCUT2D eigenvalue weighted by atomic mass is 15.3. The average molecular weight is 225 g/mol. The van der Waals surface area contributed by atoms with Crippen molar-refractivity contribution in [2.45, 2.75) is 33.4 Å². The van der Waals surface area contributed by atoms with Gasteiger partial charge in [-0.3, -0.25) is 4.90 Å². The molecule has 1 aromatic rings. The second-order valence-corrected chi connectivity index (χ2v) is 4.44. The standard InChI is InChI=1S/C11H23N5/c1-4-5-16-11(13-9-14-16)8-15(3)7-10(2)6-12/h9-10H,4-8,12H2,1-3H3. The van der Waals surface area contributed by atoms with Gasteiger partial charge in [0, 0.05) is 13.1 Å². The second kappa shape index (κ2) is 6.60. The van der Waals surface area contributed by atoms with Gasteiger partial charge >= 0.3 is 0 Å². The molecule has 0 aromatic carbocycles. The van der Waals surface area contributed by atoms with E-state index >= 15 is 0 Å². The highest BCUT2D eigenvalue weighted by molar-refractivity contribution is 4.84. The van der Waals surface area contributed by atoms with E-state index in [1.54, 1.807) is 6.33 Å². The first-order valence-electron chi connectivity index (χ1n) is 5.92. The van der Waals surface area contributed by atoms with Gasteiger partial charge in [-0.05, 0) is 25.9 Å². The van der Waals surface area contributed by atoms with E-state index in [2.05, 4.69) is 35.9 Å². The molecule has 1 unspecified atom stereocenters. The molecule has 2 N–H and O–H groups in total. The van der Waals surface area contributed by atoms with E-state index in [-0.39, 0.29) is 0 Å². The van der Waals surface area contributed by atoms with Gasteiger partial charge in [0.2, 0.25) is 0 Å². The zero-order valence-corrected chi connectivity index (χ0v) is 10.6. The summed E-state index contributed by atoms with van der Waals surface area (Å²) in [5.41, 5.74) is 5.61. The van der Waals surface area contributed by atoms with Gasteiger partial charge in [0.05, 0.1) is 6.54 Å². The van der Waals surface area contributed by atoms with Crippen molar-refractivity contribution in [3.8, 4) is 0 Å². The van der Waals surface area contributed by atoms with E-state index in [0.29, 0.717) is 5.92 Å². The summed E-state index contributed by atoms with van der Waals surface area (Å²) in [6.07, 6.45) is 2.71. The Balaban J connectivity index is 2.48.